The van der Waals surface area contributed by atoms with Crippen LogP contribution in [0.5, 0.6) is 0 Å². The van der Waals surface area contributed by atoms with Crippen LogP contribution in [0.3, 0.4) is 0 Å². The Hall–Kier alpha value is -1.06. The third-order valence-corrected chi connectivity index (χ3v) is 1.93. The van der Waals surface area contributed by atoms with E-state index in [0.717, 1.165) is 0 Å². The van der Waals surface area contributed by atoms with Crippen LogP contribution >= 0.6 is 0 Å². The van der Waals surface area contributed by atoms with Gasteiger partial charge in [-0.2, -0.15) is 0 Å². The van der Waals surface area contributed by atoms with Crippen molar-refractivity contribution in [2.45, 2.75) is 39.7 Å². The second-order valence-corrected chi connectivity index (χ2v) is 3.72. The highest BCUT2D eigenvalue weighted by Crippen LogP contribution is 2.04. The fourth-order valence-corrected chi connectivity index (χ4v) is 1.17. The lowest BCUT2D eigenvalue weighted by atomic mass is 10.0. The van der Waals surface area contributed by atoms with Crippen molar-refractivity contribution in [2.24, 2.45) is 5.92 Å². The van der Waals surface area contributed by atoms with Gasteiger partial charge in [-0.15, -0.1) is 0 Å². The number of nitrogens with one attached hydrogen (secondary N) is 2. The van der Waals surface area contributed by atoms with E-state index in [2.05, 4.69) is 10.6 Å². The predicted molar refractivity (Wildman–Crippen MR) is 55.7 cm³/mol. The van der Waals surface area contributed by atoms with Gasteiger partial charge >= 0.3 is 0 Å². The molecule has 0 aromatic rings. The maximum atomic E-state index is 11.4. The highest BCUT2D eigenvalue weighted by Gasteiger charge is 2.19. The number of likely N-dealkylation sites (N-methyl/N-ethyl adjacent to an activating group) is 1. The molecule has 14 heavy (non-hydrogen) atoms. The summed E-state index contributed by atoms with van der Waals surface area (Å²) in [6, 6.07) is -0.396. The molecule has 2 N–H and O–H groups in total. The molecular weight excluding hydrogens is 180 g/mol. The van der Waals surface area contributed by atoms with Crippen LogP contribution in [0.4, 0.5) is 0 Å². The lowest BCUT2D eigenvalue weighted by Crippen LogP contribution is -2.46. The Bertz CT molecular complexity index is 202. The first-order valence-corrected chi connectivity index (χ1v) is 5.02. The summed E-state index contributed by atoms with van der Waals surface area (Å²) in [4.78, 5) is 22.5. The van der Waals surface area contributed by atoms with Crippen molar-refractivity contribution in [3.63, 3.8) is 0 Å². The van der Waals surface area contributed by atoms with Gasteiger partial charge in [-0.05, 0) is 12.3 Å². The smallest absolute Gasteiger partial charge is 0.242 e. The van der Waals surface area contributed by atoms with Crippen LogP contribution in [0.2, 0.25) is 0 Å². The molecule has 0 aromatic carbocycles. The molecule has 0 aliphatic carbocycles. The molecule has 0 rings (SSSR count). The number of carbonyl (C=O) groups excluding carboxylic acids is 2. The summed E-state index contributed by atoms with van der Waals surface area (Å²) in [5.41, 5.74) is 0. The molecule has 1 atom stereocenters. The highest BCUT2D eigenvalue weighted by atomic mass is 16.2. The van der Waals surface area contributed by atoms with Crippen molar-refractivity contribution >= 4 is 11.8 Å². The number of hydrogen-bond acceptors (Lipinski definition) is 2. The number of carbonyl (C=O) groups is 2. The predicted octanol–water partition coefficient (Wildman–Crippen LogP) is 0.673. The molecule has 4 heteroatoms. The zero-order chi connectivity index (χ0) is 11.1. The third-order valence-electron chi connectivity index (χ3n) is 1.93. The van der Waals surface area contributed by atoms with Crippen molar-refractivity contribution < 1.29 is 9.59 Å². The molecule has 4 nitrogen and oxygen atoms in total. The van der Waals surface area contributed by atoms with E-state index in [0.29, 0.717) is 18.8 Å². The van der Waals surface area contributed by atoms with Crippen LogP contribution in [0.15, 0.2) is 0 Å². The Labute approximate surface area is 85.4 Å². The number of hydrogen-bond donors (Lipinski definition) is 2. The van der Waals surface area contributed by atoms with Gasteiger partial charge in [-0.25, -0.2) is 0 Å². The summed E-state index contributed by atoms with van der Waals surface area (Å²) >= 11 is 0. The third kappa shape index (κ3) is 4.84. The molecule has 0 spiro atoms. The summed E-state index contributed by atoms with van der Waals surface area (Å²) in [6.45, 7) is 5.81. The largest absolute Gasteiger partial charge is 0.357 e. The van der Waals surface area contributed by atoms with E-state index in [9.17, 15) is 9.59 Å². The van der Waals surface area contributed by atoms with Gasteiger partial charge < -0.3 is 10.6 Å². The Morgan fingerprint density at radius 1 is 1.29 bits per heavy atom. The maximum absolute atomic E-state index is 11.4. The maximum Gasteiger partial charge on any atom is 0.242 e. The molecular formula is C10H20N2O2. The van der Waals surface area contributed by atoms with E-state index in [4.69, 9.17) is 0 Å². The number of amides is 2. The molecule has 0 bridgehead atoms. The normalized spacial score (nSPS) is 12.4. The lowest BCUT2D eigenvalue weighted by molar-refractivity contribution is -0.128. The monoisotopic (exact) mass is 200 g/mol. The SMILES string of the molecule is CCC(=O)NC(CC(C)C)C(=O)NC. The molecule has 0 saturated heterocycles. The molecule has 0 fully saturated rings. The van der Waals surface area contributed by atoms with Crippen LogP contribution in [-0.2, 0) is 9.59 Å². The van der Waals surface area contributed by atoms with Gasteiger partial charge in [-0.3, -0.25) is 9.59 Å². The summed E-state index contributed by atoms with van der Waals surface area (Å²) in [6.07, 6.45) is 1.08. The topological polar surface area (TPSA) is 58.2 Å². The molecule has 2 amide bonds. The van der Waals surface area contributed by atoms with Gasteiger partial charge in [-0.1, -0.05) is 20.8 Å². The van der Waals surface area contributed by atoms with Crippen LogP contribution in [0, 0.1) is 5.92 Å². The van der Waals surface area contributed by atoms with Crippen LogP contribution < -0.4 is 10.6 Å². The van der Waals surface area contributed by atoms with Crippen LogP contribution in [0.25, 0.3) is 0 Å². The average molecular weight is 200 g/mol. The summed E-state index contributed by atoms with van der Waals surface area (Å²) in [5.74, 6) is 0.175. The fraction of sp³-hybridized carbons (Fsp3) is 0.800. The lowest BCUT2D eigenvalue weighted by Gasteiger charge is -2.18. The van der Waals surface area contributed by atoms with Crippen molar-refractivity contribution in [1.29, 1.82) is 0 Å². The van der Waals surface area contributed by atoms with Gasteiger partial charge in [0, 0.05) is 13.5 Å². The standard InChI is InChI=1S/C10H20N2O2/c1-5-9(13)12-8(6-7(2)3)10(14)11-4/h7-8H,5-6H2,1-4H3,(H,11,14)(H,12,13). The van der Waals surface area contributed by atoms with Gasteiger partial charge in [0.2, 0.25) is 11.8 Å². The molecule has 82 valence electrons. The van der Waals surface area contributed by atoms with Gasteiger partial charge in [0.1, 0.15) is 6.04 Å². The van der Waals surface area contributed by atoms with Gasteiger partial charge in [0.05, 0.1) is 0 Å². The quantitative estimate of drug-likeness (QED) is 0.685. The summed E-state index contributed by atoms with van der Waals surface area (Å²) in [5, 5.41) is 5.24. The fourth-order valence-electron chi connectivity index (χ4n) is 1.17. The molecule has 0 heterocycles. The van der Waals surface area contributed by atoms with E-state index >= 15 is 0 Å². The Balaban J connectivity index is 4.24. The van der Waals surface area contributed by atoms with Crippen molar-refractivity contribution in [2.75, 3.05) is 7.05 Å². The molecule has 0 aliphatic rings. The van der Waals surface area contributed by atoms with Crippen molar-refractivity contribution in [1.82, 2.24) is 10.6 Å². The van der Waals surface area contributed by atoms with E-state index in [1.165, 1.54) is 0 Å². The van der Waals surface area contributed by atoms with Crippen LogP contribution in [-0.4, -0.2) is 24.9 Å². The summed E-state index contributed by atoms with van der Waals surface area (Å²) in [7, 11) is 1.58. The molecule has 0 radical (unpaired) electrons. The number of rotatable bonds is 5. The first-order valence-electron chi connectivity index (χ1n) is 5.02. The van der Waals surface area contributed by atoms with E-state index in [-0.39, 0.29) is 11.8 Å². The minimum absolute atomic E-state index is 0.0840. The zero-order valence-corrected chi connectivity index (χ0v) is 9.39. The Morgan fingerprint density at radius 3 is 2.21 bits per heavy atom. The average Bonchev–Trinajstić information content (AvgIpc) is 2.14. The Kier molecular flexibility index (Phi) is 5.92. The second kappa shape index (κ2) is 6.40. The minimum Gasteiger partial charge on any atom is -0.357 e. The zero-order valence-electron chi connectivity index (χ0n) is 9.39. The molecule has 0 saturated carbocycles. The molecule has 0 aromatic heterocycles. The first kappa shape index (κ1) is 12.9. The van der Waals surface area contributed by atoms with Crippen molar-refractivity contribution in [3.05, 3.63) is 0 Å². The molecule has 1 unspecified atom stereocenters. The van der Waals surface area contributed by atoms with E-state index in [1.54, 1.807) is 14.0 Å². The Morgan fingerprint density at radius 2 is 1.86 bits per heavy atom. The van der Waals surface area contributed by atoms with Gasteiger partial charge in [0.15, 0.2) is 0 Å². The van der Waals surface area contributed by atoms with Gasteiger partial charge in [0.25, 0.3) is 0 Å². The van der Waals surface area contributed by atoms with Crippen molar-refractivity contribution in [3.8, 4) is 0 Å². The highest BCUT2D eigenvalue weighted by molar-refractivity contribution is 5.87. The minimum atomic E-state index is -0.396. The van der Waals surface area contributed by atoms with E-state index < -0.39 is 6.04 Å². The second-order valence-electron chi connectivity index (χ2n) is 3.72. The summed E-state index contributed by atoms with van der Waals surface area (Å²) < 4.78 is 0. The first-order chi connectivity index (χ1) is 6.51. The van der Waals surface area contributed by atoms with Crippen LogP contribution in [0.1, 0.15) is 33.6 Å². The van der Waals surface area contributed by atoms with E-state index in [1.807, 2.05) is 13.8 Å². The molecule has 0 aliphatic heterocycles.